The Bertz CT molecular complexity index is 1160. The average molecular weight is 387 g/mol. The molecular weight excluding hydrogens is 375 g/mol. The molecule has 0 saturated carbocycles. The van der Waals surface area contributed by atoms with Crippen LogP contribution in [-0.2, 0) is 7.05 Å². The van der Waals surface area contributed by atoms with Gasteiger partial charge < -0.3 is 4.57 Å². The zero-order valence-corrected chi connectivity index (χ0v) is 15.1. The zero-order chi connectivity index (χ0) is 18.4. The standard InChI is InChI=1S/C18H12Cl2N4O2/c1-22-17(12-5-6-14(19)15(20)8-12)10-23-9-16(21-18(22)23)11-3-2-4-13(7-11)24(25)26/h2-10H,1H3. The third-order valence-corrected chi connectivity index (χ3v) is 4.94. The molecule has 4 aromatic rings. The summed E-state index contributed by atoms with van der Waals surface area (Å²) in [6, 6.07) is 11.9. The van der Waals surface area contributed by atoms with Crippen LogP contribution in [0.5, 0.6) is 0 Å². The highest BCUT2D eigenvalue weighted by Crippen LogP contribution is 2.30. The van der Waals surface area contributed by atoms with E-state index < -0.39 is 4.92 Å². The van der Waals surface area contributed by atoms with Crippen molar-refractivity contribution >= 4 is 34.7 Å². The number of fused-ring (bicyclic) bond motifs is 1. The highest BCUT2D eigenvalue weighted by molar-refractivity contribution is 6.42. The molecule has 8 heteroatoms. The maximum Gasteiger partial charge on any atom is 0.270 e. The Morgan fingerprint density at radius 2 is 1.85 bits per heavy atom. The molecule has 0 saturated heterocycles. The molecule has 2 aromatic carbocycles. The van der Waals surface area contributed by atoms with Gasteiger partial charge in [0, 0.05) is 42.7 Å². The maximum absolute atomic E-state index is 11.0. The van der Waals surface area contributed by atoms with Crippen molar-refractivity contribution in [3.63, 3.8) is 0 Å². The molecule has 0 fully saturated rings. The summed E-state index contributed by atoms with van der Waals surface area (Å²) in [5.74, 6) is 0.715. The van der Waals surface area contributed by atoms with Gasteiger partial charge in [-0.3, -0.25) is 14.5 Å². The summed E-state index contributed by atoms with van der Waals surface area (Å²) in [6.45, 7) is 0. The van der Waals surface area contributed by atoms with Crippen molar-refractivity contribution in [2.45, 2.75) is 0 Å². The van der Waals surface area contributed by atoms with E-state index in [0.717, 1.165) is 11.3 Å². The van der Waals surface area contributed by atoms with Gasteiger partial charge in [-0.1, -0.05) is 41.4 Å². The minimum absolute atomic E-state index is 0.0380. The summed E-state index contributed by atoms with van der Waals surface area (Å²) in [5.41, 5.74) is 3.25. The zero-order valence-electron chi connectivity index (χ0n) is 13.6. The van der Waals surface area contributed by atoms with E-state index in [-0.39, 0.29) is 5.69 Å². The molecule has 26 heavy (non-hydrogen) atoms. The first-order valence-corrected chi connectivity index (χ1v) is 8.44. The Kier molecular flexibility index (Phi) is 3.94. The second kappa shape index (κ2) is 6.16. The molecule has 4 rings (SSSR count). The predicted molar refractivity (Wildman–Crippen MR) is 102 cm³/mol. The van der Waals surface area contributed by atoms with Crippen LogP contribution in [0.25, 0.3) is 28.3 Å². The number of hydrogen-bond acceptors (Lipinski definition) is 3. The normalized spacial score (nSPS) is 11.2. The van der Waals surface area contributed by atoms with Gasteiger partial charge in [-0.05, 0) is 12.1 Å². The fourth-order valence-corrected chi connectivity index (χ4v) is 3.19. The number of aryl methyl sites for hydroxylation is 1. The molecule has 6 nitrogen and oxygen atoms in total. The minimum atomic E-state index is -0.415. The Hall–Kier alpha value is -2.83. The first-order valence-electron chi connectivity index (χ1n) is 7.69. The van der Waals surface area contributed by atoms with Gasteiger partial charge in [0.1, 0.15) is 0 Å². The summed E-state index contributed by atoms with van der Waals surface area (Å²) < 4.78 is 3.81. The van der Waals surface area contributed by atoms with Crippen molar-refractivity contribution in [3.8, 4) is 22.5 Å². The molecule has 0 aliphatic carbocycles. The lowest BCUT2D eigenvalue weighted by atomic mass is 10.1. The van der Waals surface area contributed by atoms with Gasteiger partial charge in [-0.15, -0.1) is 0 Å². The molecule has 0 N–H and O–H groups in total. The summed E-state index contributed by atoms with van der Waals surface area (Å²) >= 11 is 12.1. The molecule has 0 aliphatic heterocycles. The number of aromatic nitrogens is 3. The van der Waals surface area contributed by atoms with Crippen LogP contribution in [0.4, 0.5) is 5.69 Å². The number of nitro benzene ring substituents is 1. The third-order valence-electron chi connectivity index (χ3n) is 4.20. The van der Waals surface area contributed by atoms with E-state index in [2.05, 4.69) is 4.98 Å². The number of benzene rings is 2. The smallest absolute Gasteiger partial charge is 0.270 e. The van der Waals surface area contributed by atoms with E-state index in [1.54, 1.807) is 24.3 Å². The van der Waals surface area contributed by atoms with Gasteiger partial charge in [0.25, 0.3) is 5.69 Å². The van der Waals surface area contributed by atoms with Gasteiger partial charge in [-0.25, -0.2) is 4.98 Å². The Morgan fingerprint density at radius 3 is 2.54 bits per heavy atom. The van der Waals surface area contributed by atoms with Crippen molar-refractivity contribution in [2.24, 2.45) is 7.05 Å². The fourth-order valence-electron chi connectivity index (χ4n) is 2.89. The lowest BCUT2D eigenvalue weighted by Gasteiger charge is -2.04. The Labute approximate surface area is 158 Å². The van der Waals surface area contributed by atoms with Gasteiger partial charge >= 0.3 is 0 Å². The predicted octanol–water partition coefficient (Wildman–Crippen LogP) is 5.22. The molecule has 0 atom stereocenters. The second-order valence-corrected chi connectivity index (χ2v) is 6.66. The van der Waals surface area contributed by atoms with E-state index in [1.165, 1.54) is 12.1 Å². The fraction of sp³-hybridized carbons (Fsp3) is 0.0556. The van der Waals surface area contributed by atoms with Crippen molar-refractivity contribution < 1.29 is 4.92 Å². The van der Waals surface area contributed by atoms with Crippen LogP contribution in [0.15, 0.2) is 54.9 Å². The lowest BCUT2D eigenvalue weighted by Crippen LogP contribution is -1.93. The first-order chi connectivity index (χ1) is 12.4. The third kappa shape index (κ3) is 2.73. The monoisotopic (exact) mass is 386 g/mol. The number of non-ortho nitro benzene ring substituents is 1. The molecule has 0 radical (unpaired) electrons. The highest BCUT2D eigenvalue weighted by Gasteiger charge is 2.15. The topological polar surface area (TPSA) is 65.4 Å². The van der Waals surface area contributed by atoms with Crippen molar-refractivity contribution in [1.29, 1.82) is 0 Å². The number of hydrogen-bond donors (Lipinski definition) is 0. The molecule has 0 aliphatic rings. The largest absolute Gasteiger partial charge is 0.313 e. The minimum Gasteiger partial charge on any atom is -0.313 e. The van der Waals surface area contributed by atoms with Gasteiger partial charge in [0.05, 0.1) is 26.4 Å². The Morgan fingerprint density at radius 1 is 1.04 bits per heavy atom. The summed E-state index contributed by atoms with van der Waals surface area (Å²) in [6.07, 6.45) is 3.78. The molecule has 0 unspecified atom stereocenters. The van der Waals surface area contributed by atoms with Crippen LogP contribution < -0.4 is 0 Å². The van der Waals surface area contributed by atoms with E-state index in [4.69, 9.17) is 23.2 Å². The number of nitro groups is 1. The molecule has 2 aromatic heterocycles. The summed E-state index contributed by atoms with van der Waals surface area (Å²) in [4.78, 5) is 15.2. The van der Waals surface area contributed by atoms with Crippen LogP contribution in [0.3, 0.4) is 0 Å². The molecular formula is C18H12Cl2N4O2. The van der Waals surface area contributed by atoms with Crippen molar-refractivity contribution in [3.05, 3.63) is 75.0 Å². The number of nitrogens with zero attached hydrogens (tertiary/aromatic N) is 4. The SMILES string of the molecule is Cn1c(-c2ccc(Cl)c(Cl)c2)cn2cc(-c3cccc([N+](=O)[O-])c3)nc12. The maximum atomic E-state index is 11.0. The van der Waals surface area contributed by atoms with E-state index >= 15 is 0 Å². The number of halogens is 2. The van der Waals surface area contributed by atoms with E-state index in [9.17, 15) is 10.1 Å². The molecule has 130 valence electrons. The lowest BCUT2D eigenvalue weighted by molar-refractivity contribution is -0.384. The first kappa shape index (κ1) is 16.6. The van der Waals surface area contributed by atoms with Gasteiger partial charge in [-0.2, -0.15) is 0 Å². The Balaban J connectivity index is 1.79. The molecule has 0 bridgehead atoms. The quantitative estimate of drug-likeness (QED) is 0.358. The van der Waals surface area contributed by atoms with Gasteiger partial charge in [0.15, 0.2) is 0 Å². The summed E-state index contributed by atoms with van der Waals surface area (Å²) in [7, 11) is 1.90. The number of imidazole rings is 2. The highest BCUT2D eigenvalue weighted by atomic mass is 35.5. The van der Waals surface area contributed by atoms with Crippen LogP contribution in [0.1, 0.15) is 0 Å². The van der Waals surface area contributed by atoms with E-state index in [1.807, 2.05) is 34.5 Å². The molecule has 0 spiro atoms. The second-order valence-electron chi connectivity index (χ2n) is 5.84. The summed E-state index contributed by atoms with van der Waals surface area (Å²) in [5, 5.41) is 12.0. The van der Waals surface area contributed by atoms with Crippen LogP contribution in [0, 0.1) is 10.1 Å². The molecule has 2 heterocycles. The van der Waals surface area contributed by atoms with E-state index in [0.29, 0.717) is 27.1 Å². The van der Waals surface area contributed by atoms with Crippen molar-refractivity contribution in [1.82, 2.24) is 14.0 Å². The number of rotatable bonds is 3. The van der Waals surface area contributed by atoms with Crippen molar-refractivity contribution in [2.75, 3.05) is 0 Å². The molecule has 0 amide bonds. The van der Waals surface area contributed by atoms with Crippen LogP contribution in [0.2, 0.25) is 10.0 Å². The van der Waals surface area contributed by atoms with Gasteiger partial charge in [0.2, 0.25) is 5.78 Å². The van der Waals surface area contributed by atoms with Crippen LogP contribution in [-0.4, -0.2) is 18.9 Å². The van der Waals surface area contributed by atoms with Crippen LogP contribution >= 0.6 is 23.2 Å². The average Bonchev–Trinajstić information content (AvgIpc) is 3.17.